The number of nitrogens with zero attached hydrogens (tertiary/aromatic N) is 4. The number of nitro benzene ring substituents is 1. The molecule has 0 radical (unpaired) electrons. The monoisotopic (exact) mass is 481 g/mol. The Morgan fingerprint density at radius 3 is 2.57 bits per heavy atom. The van der Waals surface area contributed by atoms with Gasteiger partial charge in [-0.3, -0.25) is 14.9 Å². The number of halogens is 1. The molecule has 5 rings (SSSR count). The summed E-state index contributed by atoms with van der Waals surface area (Å²) in [6.45, 7) is 5.65. The Morgan fingerprint density at radius 2 is 1.83 bits per heavy atom. The zero-order valence-electron chi connectivity index (χ0n) is 19.9. The van der Waals surface area contributed by atoms with E-state index in [9.17, 15) is 19.3 Å². The zero-order chi connectivity index (χ0) is 24.4. The van der Waals surface area contributed by atoms with Crippen LogP contribution in [0.1, 0.15) is 24.8 Å². The van der Waals surface area contributed by atoms with E-state index in [1.54, 1.807) is 24.3 Å². The molecule has 0 aromatic heterocycles. The quantitative estimate of drug-likeness (QED) is 0.504. The van der Waals surface area contributed by atoms with Gasteiger partial charge in [0.05, 0.1) is 16.9 Å². The Balaban J connectivity index is 1.36. The summed E-state index contributed by atoms with van der Waals surface area (Å²) in [7, 11) is 0. The van der Waals surface area contributed by atoms with Gasteiger partial charge in [0, 0.05) is 56.2 Å². The highest BCUT2D eigenvalue weighted by molar-refractivity contribution is 5.82. The standard InChI is InChI=1S/C26H32FN5O3/c27-20-4-6-21(7-5-20)30-14-15-31-24-9-8-22(32(34)35)16-19(24)17-23(25(31)18-30)26(33)28-10-13-29-11-2-1-3-12-29/h4-9,16,23,25H,1-3,10-15,17-18H2,(H,28,33). The van der Waals surface area contributed by atoms with Crippen LogP contribution >= 0.6 is 0 Å². The number of likely N-dealkylation sites (tertiary alicyclic amines) is 1. The Hall–Kier alpha value is -3.20. The summed E-state index contributed by atoms with van der Waals surface area (Å²) < 4.78 is 13.5. The fourth-order valence-electron chi connectivity index (χ4n) is 5.76. The lowest BCUT2D eigenvalue weighted by Gasteiger charge is -2.49. The normalized spacial score (nSPS) is 22.3. The van der Waals surface area contributed by atoms with E-state index in [2.05, 4.69) is 20.0 Å². The average molecular weight is 482 g/mol. The van der Waals surface area contributed by atoms with Gasteiger partial charge in [0.1, 0.15) is 5.82 Å². The van der Waals surface area contributed by atoms with Gasteiger partial charge in [-0.25, -0.2) is 4.39 Å². The summed E-state index contributed by atoms with van der Waals surface area (Å²) >= 11 is 0. The lowest BCUT2D eigenvalue weighted by atomic mass is 9.83. The van der Waals surface area contributed by atoms with Gasteiger partial charge >= 0.3 is 0 Å². The van der Waals surface area contributed by atoms with Crippen molar-refractivity contribution in [3.05, 3.63) is 64.0 Å². The Kier molecular flexibility index (Phi) is 6.86. The first-order valence-corrected chi connectivity index (χ1v) is 12.5. The molecule has 3 aliphatic rings. The molecule has 2 saturated heterocycles. The SMILES string of the molecule is O=C(NCCN1CCCCC1)C1Cc2cc([N+](=O)[O-])ccc2N2CCN(c3ccc(F)cc3)CC12. The van der Waals surface area contributed by atoms with E-state index in [0.717, 1.165) is 43.1 Å². The molecule has 0 bridgehead atoms. The molecule has 0 saturated carbocycles. The first-order chi connectivity index (χ1) is 17.0. The third-order valence-corrected chi connectivity index (χ3v) is 7.61. The Labute approximate surface area is 204 Å². The first-order valence-electron chi connectivity index (χ1n) is 12.5. The molecule has 1 N–H and O–H groups in total. The molecule has 2 fully saturated rings. The molecule has 9 heteroatoms. The summed E-state index contributed by atoms with van der Waals surface area (Å²) in [6.07, 6.45) is 4.16. The topological polar surface area (TPSA) is 82.0 Å². The number of anilines is 2. The van der Waals surface area contributed by atoms with Crippen LogP contribution in [0.3, 0.4) is 0 Å². The maximum Gasteiger partial charge on any atom is 0.269 e. The number of benzene rings is 2. The van der Waals surface area contributed by atoms with E-state index >= 15 is 0 Å². The lowest BCUT2D eigenvalue weighted by molar-refractivity contribution is -0.384. The van der Waals surface area contributed by atoms with Crippen molar-refractivity contribution < 1.29 is 14.1 Å². The maximum atomic E-state index is 13.5. The number of hydrogen-bond acceptors (Lipinski definition) is 6. The van der Waals surface area contributed by atoms with Gasteiger partial charge in [0.25, 0.3) is 5.69 Å². The number of carbonyl (C=O) groups excluding carboxylic acids is 1. The number of hydrogen-bond donors (Lipinski definition) is 1. The van der Waals surface area contributed by atoms with Crippen LogP contribution in [0.25, 0.3) is 0 Å². The van der Waals surface area contributed by atoms with Gasteiger partial charge in [0.15, 0.2) is 0 Å². The Bertz CT molecular complexity index is 1070. The summed E-state index contributed by atoms with van der Waals surface area (Å²) in [5.41, 5.74) is 2.81. The zero-order valence-corrected chi connectivity index (χ0v) is 19.9. The van der Waals surface area contributed by atoms with Crippen molar-refractivity contribution >= 4 is 23.0 Å². The number of carbonyl (C=O) groups is 1. The molecule has 0 aliphatic carbocycles. The molecule has 2 atom stereocenters. The number of non-ortho nitro benzene ring substituents is 1. The molecular weight excluding hydrogens is 449 g/mol. The maximum absolute atomic E-state index is 13.5. The van der Waals surface area contributed by atoms with Crippen LogP contribution in [0.5, 0.6) is 0 Å². The summed E-state index contributed by atoms with van der Waals surface area (Å²) in [4.78, 5) is 31.3. The van der Waals surface area contributed by atoms with Crippen LogP contribution in [-0.2, 0) is 11.2 Å². The van der Waals surface area contributed by atoms with E-state index < -0.39 is 0 Å². The number of amides is 1. The second-order valence-electron chi connectivity index (χ2n) is 9.76. The first kappa shape index (κ1) is 23.5. The molecule has 0 spiro atoms. The van der Waals surface area contributed by atoms with Crippen LogP contribution in [0.2, 0.25) is 0 Å². The minimum Gasteiger partial charge on any atom is -0.368 e. The van der Waals surface area contributed by atoms with Crippen molar-refractivity contribution in [3.63, 3.8) is 0 Å². The molecular formula is C26H32FN5O3. The van der Waals surface area contributed by atoms with Crippen LogP contribution in [0, 0.1) is 21.8 Å². The Morgan fingerprint density at radius 1 is 1.06 bits per heavy atom. The van der Waals surface area contributed by atoms with Crippen LogP contribution in [0.15, 0.2) is 42.5 Å². The number of fused-ring (bicyclic) bond motifs is 3. The average Bonchev–Trinajstić information content (AvgIpc) is 2.88. The van der Waals surface area contributed by atoms with Crippen molar-refractivity contribution in [1.29, 1.82) is 0 Å². The molecule has 8 nitrogen and oxygen atoms in total. The van der Waals surface area contributed by atoms with E-state index in [-0.39, 0.29) is 34.3 Å². The van der Waals surface area contributed by atoms with Crippen LogP contribution in [0.4, 0.5) is 21.5 Å². The highest BCUT2D eigenvalue weighted by Crippen LogP contribution is 2.38. The third kappa shape index (κ3) is 5.10. The molecule has 3 heterocycles. The number of nitro groups is 1. The van der Waals surface area contributed by atoms with Crippen molar-refractivity contribution in [3.8, 4) is 0 Å². The molecule has 2 aromatic rings. The second-order valence-corrected chi connectivity index (χ2v) is 9.76. The van der Waals surface area contributed by atoms with E-state index in [0.29, 0.717) is 26.1 Å². The molecule has 3 aliphatic heterocycles. The van der Waals surface area contributed by atoms with E-state index in [1.807, 2.05) is 6.07 Å². The molecule has 186 valence electrons. The molecule has 2 unspecified atom stereocenters. The van der Waals surface area contributed by atoms with Crippen LogP contribution < -0.4 is 15.1 Å². The third-order valence-electron chi connectivity index (χ3n) is 7.61. The van der Waals surface area contributed by atoms with Gasteiger partial charge in [-0.05, 0) is 68.2 Å². The fourth-order valence-corrected chi connectivity index (χ4v) is 5.76. The predicted octanol–water partition coefficient (Wildman–Crippen LogP) is 3.20. The van der Waals surface area contributed by atoms with Crippen molar-refractivity contribution in [2.45, 2.75) is 31.7 Å². The van der Waals surface area contributed by atoms with Gasteiger partial charge in [-0.2, -0.15) is 0 Å². The minimum absolute atomic E-state index is 0.00452. The molecule has 1 amide bonds. The van der Waals surface area contributed by atoms with Crippen molar-refractivity contribution in [2.75, 3.05) is 55.6 Å². The summed E-state index contributed by atoms with van der Waals surface area (Å²) in [5.74, 6) is -0.601. The van der Waals surface area contributed by atoms with E-state index in [4.69, 9.17) is 0 Å². The fraction of sp³-hybridized carbons (Fsp3) is 0.500. The largest absolute Gasteiger partial charge is 0.368 e. The highest BCUT2D eigenvalue weighted by Gasteiger charge is 2.42. The van der Waals surface area contributed by atoms with Gasteiger partial charge in [-0.1, -0.05) is 6.42 Å². The molecule has 2 aromatic carbocycles. The highest BCUT2D eigenvalue weighted by atomic mass is 19.1. The van der Waals surface area contributed by atoms with Gasteiger partial charge in [0.2, 0.25) is 5.91 Å². The smallest absolute Gasteiger partial charge is 0.269 e. The number of rotatable bonds is 6. The minimum atomic E-state index is -0.382. The predicted molar refractivity (Wildman–Crippen MR) is 133 cm³/mol. The van der Waals surface area contributed by atoms with Gasteiger partial charge < -0.3 is 20.0 Å². The number of piperidine rings is 1. The van der Waals surface area contributed by atoms with Gasteiger partial charge in [-0.15, -0.1) is 0 Å². The summed E-state index contributed by atoms with van der Waals surface area (Å²) in [6, 6.07) is 11.4. The lowest BCUT2D eigenvalue weighted by Crippen LogP contribution is -2.61. The van der Waals surface area contributed by atoms with Crippen molar-refractivity contribution in [1.82, 2.24) is 10.2 Å². The number of piperazine rings is 1. The van der Waals surface area contributed by atoms with Crippen molar-refractivity contribution in [2.24, 2.45) is 5.92 Å². The van der Waals surface area contributed by atoms with E-state index in [1.165, 1.54) is 31.4 Å². The summed E-state index contributed by atoms with van der Waals surface area (Å²) in [5, 5.41) is 14.5. The number of nitrogens with one attached hydrogen (secondary N) is 1. The van der Waals surface area contributed by atoms with Crippen LogP contribution in [-0.4, -0.2) is 67.6 Å². The molecule has 35 heavy (non-hydrogen) atoms. The second kappa shape index (κ2) is 10.2.